The number of carbonyl (C=O) groups excluding carboxylic acids is 1. The Morgan fingerprint density at radius 2 is 2.10 bits per heavy atom. The molecule has 2 atom stereocenters. The smallest absolute Gasteiger partial charge is 0.234 e. The number of rotatable bonds is 8. The van der Waals surface area contributed by atoms with Crippen molar-refractivity contribution in [2.24, 2.45) is 11.8 Å². The lowest BCUT2D eigenvalue weighted by atomic mass is 9.91. The summed E-state index contributed by atoms with van der Waals surface area (Å²) in [4.78, 5) is 14.2. The number of nitrogens with zero attached hydrogens (tertiary/aromatic N) is 1. The van der Waals surface area contributed by atoms with Gasteiger partial charge in [-0.25, -0.2) is 0 Å². The molecule has 2 unspecified atom stereocenters. The number of hydrogen-bond acceptors (Lipinski definition) is 3. The van der Waals surface area contributed by atoms with Crippen LogP contribution in [0, 0.1) is 11.8 Å². The van der Waals surface area contributed by atoms with Crippen LogP contribution in [-0.2, 0) is 4.79 Å². The Hall–Kier alpha value is -0.610. The van der Waals surface area contributed by atoms with Gasteiger partial charge in [-0.2, -0.15) is 0 Å². The molecule has 1 saturated heterocycles. The summed E-state index contributed by atoms with van der Waals surface area (Å²) in [5, 5.41) is 6.54. The van der Waals surface area contributed by atoms with Gasteiger partial charge in [-0.1, -0.05) is 20.8 Å². The maximum Gasteiger partial charge on any atom is 0.234 e. The predicted octanol–water partition coefficient (Wildman–Crippen LogP) is 1.86. The summed E-state index contributed by atoms with van der Waals surface area (Å²) >= 11 is 0. The van der Waals surface area contributed by atoms with Gasteiger partial charge in [0.25, 0.3) is 0 Å². The highest BCUT2D eigenvalue weighted by Gasteiger charge is 2.25. The summed E-state index contributed by atoms with van der Waals surface area (Å²) in [7, 11) is 0. The Bertz CT molecular complexity index is 281. The molecule has 0 radical (unpaired) electrons. The van der Waals surface area contributed by atoms with Crippen molar-refractivity contribution in [2.45, 2.75) is 53.0 Å². The van der Waals surface area contributed by atoms with E-state index in [9.17, 15) is 4.79 Å². The molecule has 1 amide bonds. The molecule has 0 aromatic rings. The van der Waals surface area contributed by atoms with Crippen molar-refractivity contribution in [2.75, 3.05) is 32.7 Å². The molecule has 1 aliphatic rings. The molecule has 0 aliphatic carbocycles. The van der Waals surface area contributed by atoms with Crippen LogP contribution in [0.3, 0.4) is 0 Å². The molecule has 20 heavy (non-hydrogen) atoms. The molecule has 0 spiro atoms. The van der Waals surface area contributed by atoms with Gasteiger partial charge in [-0.3, -0.25) is 9.69 Å². The fraction of sp³-hybridized carbons (Fsp3) is 0.938. The molecular weight excluding hydrogens is 250 g/mol. The molecule has 0 aromatic heterocycles. The van der Waals surface area contributed by atoms with E-state index in [2.05, 4.69) is 43.2 Å². The topological polar surface area (TPSA) is 44.4 Å². The third kappa shape index (κ3) is 6.71. The standard InChI is InChI=1S/C16H33N3O/c1-5-17-14(4)15-7-6-10-19(11-15)12-16(20)18-9-8-13(2)3/h13-15,17H,5-12H2,1-4H3,(H,18,20). The SMILES string of the molecule is CCNC(C)C1CCCN(CC(=O)NCCC(C)C)C1. The van der Waals surface area contributed by atoms with Crippen molar-refractivity contribution in [3.8, 4) is 0 Å². The first kappa shape index (κ1) is 17.4. The molecule has 1 aliphatic heterocycles. The average Bonchev–Trinajstić information content (AvgIpc) is 2.38. The van der Waals surface area contributed by atoms with E-state index in [4.69, 9.17) is 0 Å². The summed E-state index contributed by atoms with van der Waals surface area (Å²) in [6, 6.07) is 0.548. The van der Waals surface area contributed by atoms with Gasteiger partial charge >= 0.3 is 0 Å². The molecule has 4 heteroatoms. The second-order valence-electron chi connectivity index (χ2n) is 6.52. The first-order valence-electron chi connectivity index (χ1n) is 8.25. The summed E-state index contributed by atoms with van der Waals surface area (Å²) in [5.41, 5.74) is 0. The number of nitrogens with one attached hydrogen (secondary N) is 2. The Morgan fingerprint density at radius 1 is 1.35 bits per heavy atom. The zero-order valence-electron chi connectivity index (χ0n) is 13.7. The lowest BCUT2D eigenvalue weighted by Crippen LogP contribution is -2.47. The third-order valence-corrected chi connectivity index (χ3v) is 4.19. The van der Waals surface area contributed by atoms with E-state index in [1.165, 1.54) is 12.8 Å². The van der Waals surface area contributed by atoms with Crippen molar-refractivity contribution in [3.05, 3.63) is 0 Å². The van der Waals surface area contributed by atoms with Gasteiger partial charge in [0.05, 0.1) is 6.54 Å². The van der Waals surface area contributed by atoms with E-state index < -0.39 is 0 Å². The normalized spacial score (nSPS) is 21.9. The monoisotopic (exact) mass is 283 g/mol. The highest BCUT2D eigenvalue weighted by atomic mass is 16.2. The predicted molar refractivity (Wildman–Crippen MR) is 84.8 cm³/mol. The van der Waals surface area contributed by atoms with Gasteiger partial charge in [0.2, 0.25) is 5.91 Å². The molecule has 0 aromatic carbocycles. The molecule has 1 rings (SSSR count). The highest BCUT2D eigenvalue weighted by Crippen LogP contribution is 2.19. The van der Waals surface area contributed by atoms with Crippen LogP contribution in [-0.4, -0.2) is 49.6 Å². The van der Waals surface area contributed by atoms with Gasteiger partial charge in [0, 0.05) is 19.1 Å². The second-order valence-corrected chi connectivity index (χ2v) is 6.52. The van der Waals surface area contributed by atoms with Crippen LogP contribution in [0.2, 0.25) is 0 Å². The third-order valence-electron chi connectivity index (χ3n) is 4.19. The van der Waals surface area contributed by atoms with E-state index >= 15 is 0 Å². The number of likely N-dealkylation sites (tertiary alicyclic amines) is 1. The minimum absolute atomic E-state index is 0.183. The quantitative estimate of drug-likeness (QED) is 0.714. The molecule has 2 N–H and O–H groups in total. The average molecular weight is 283 g/mol. The van der Waals surface area contributed by atoms with Gasteiger partial charge in [-0.15, -0.1) is 0 Å². The number of piperidine rings is 1. The van der Waals surface area contributed by atoms with E-state index in [1.807, 2.05) is 0 Å². The van der Waals surface area contributed by atoms with Crippen LogP contribution < -0.4 is 10.6 Å². The lowest BCUT2D eigenvalue weighted by Gasteiger charge is -2.35. The molecule has 4 nitrogen and oxygen atoms in total. The van der Waals surface area contributed by atoms with Crippen molar-refractivity contribution in [1.29, 1.82) is 0 Å². The first-order valence-corrected chi connectivity index (χ1v) is 8.25. The molecule has 1 heterocycles. The Labute approximate surface area is 124 Å². The van der Waals surface area contributed by atoms with Crippen molar-refractivity contribution in [3.63, 3.8) is 0 Å². The number of amides is 1. The van der Waals surface area contributed by atoms with E-state index in [-0.39, 0.29) is 5.91 Å². The van der Waals surface area contributed by atoms with Gasteiger partial charge in [0.1, 0.15) is 0 Å². The minimum Gasteiger partial charge on any atom is -0.355 e. The summed E-state index contributed by atoms with van der Waals surface area (Å²) in [6.45, 7) is 13.3. The first-order chi connectivity index (χ1) is 9.52. The van der Waals surface area contributed by atoms with Gasteiger partial charge in [0.15, 0.2) is 0 Å². The molecular formula is C16H33N3O. The minimum atomic E-state index is 0.183. The second kappa shape index (κ2) is 9.35. The Morgan fingerprint density at radius 3 is 2.75 bits per heavy atom. The lowest BCUT2D eigenvalue weighted by molar-refractivity contribution is -0.122. The maximum atomic E-state index is 11.9. The zero-order valence-corrected chi connectivity index (χ0v) is 13.7. The zero-order chi connectivity index (χ0) is 15.0. The Kier molecular flexibility index (Phi) is 8.15. The molecule has 1 fully saturated rings. The van der Waals surface area contributed by atoms with Crippen LogP contribution in [0.1, 0.15) is 47.0 Å². The van der Waals surface area contributed by atoms with E-state index in [1.54, 1.807) is 0 Å². The summed E-state index contributed by atoms with van der Waals surface area (Å²) in [5.74, 6) is 1.50. The summed E-state index contributed by atoms with van der Waals surface area (Å²) < 4.78 is 0. The van der Waals surface area contributed by atoms with Crippen molar-refractivity contribution >= 4 is 5.91 Å². The van der Waals surface area contributed by atoms with Crippen LogP contribution in [0.25, 0.3) is 0 Å². The molecule has 0 saturated carbocycles. The Balaban J connectivity index is 2.27. The van der Waals surface area contributed by atoms with Crippen molar-refractivity contribution in [1.82, 2.24) is 15.5 Å². The molecule has 0 bridgehead atoms. The molecule has 118 valence electrons. The fourth-order valence-electron chi connectivity index (χ4n) is 2.89. The highest BCUT2D eigenvalue weighted by molar-refractivity contribution is 5.77. The summed E-state index contributed by atoms with van der Waals surface area (Å²) in [6.07, 6.45) is 3.55. The van der Waals surface area contributed by atoms with E-state index in [0.717, 1.165) is 32.6 Å². The van der Waals surface area contributed by atoms with Crippen LogP contribution >= 0.6 is 0 Å². The van der Waals surface area contributed by atoms with Gasteiger partial charge in [-0.05, 0) is 51.1 Å². The van der Waals surface area contributed by atoms with Gasteiger partial charge < -0.3 is 10.6 Å². The number of carbonyl (C=O) groups is 1. The van der Waals surface area contributed by atoms with Crippen molar-refractivity contribution < 1.29 is 4.79 Å². The largest absolute Gasteiger partial charge is 0.355 e. The van der Waals surface area contributed by atoms with Crippen LogP contribution in [0.4, 0.5) is 0 Å². The van der Waals surface area contributed by atoms with Crippen LogP contribution in [0.5, 0.6) is 0 Å². The fourth-order valence-corrected chi connectivity index (χ4v) is 2.89. The number of hydrogen-bond donors (Lipinski definition) is 2. The van der Waals surface area contributed by atoms with Crippen LogP contribution in [0.15, 0.2) is 0 Å². The maximum absolute atomic E-state index is 11.9. The van der Waals surface area contributed by atoms with E-state index in [0.29, 0.717) is 24.4 Å².